The fraction of sp³-hybridized carbons (Fsp3) is 0.167. The van der Waals surface area contributed by atoms with Crippen LogP contribution in [0.15, 0.2) is 76.4 Å². The van der Waals surface area contributed by atoms with Gasteiger partial charge in [-0.25, -0.2) is 13.2 Å². The van der Waals surface area contributed by atoms with Crippen molar-refractivity contribution in [1.29, 1.82) is 0 Å². The van der Waals surface area contributed by atoms with E-state index in [0.29, 0.717) is 17.6 Å². The number of rotatable bonds is 9. The number of hydrogen-bond acceptors (Lipinski definition) is 5. The third kappa shape index (κ3) is 5.70. The number of H-pyrrole nitrogens is 2. The highest BCUT2D eigenvalue weighted by atomic mass is 32.2. The molecule has 0 unspecified atom stereocenters. The quantitative estimate of drug-likeness (QED) is 0.264. The molecule has 0 fully saturated rings. The van der Waals surface area contributed by atoms with Crippen molar-refractivity contribution in [2.24, 2.45) is 0 Å². The molecule has 0 spiro atoms. The lowest BCUT2D eigenvalue weighted by atomic mass is 10.2. The van der Waals surface area contributed by atoms with Gasteiger partial charge in [0.25, 0.3) is 15.9 Å². The van der Waals surface area contributed by atoms with E-state index >= 15 is 0 Å². The molecule has 4 rings (SSSR count). The Bertz CT molecular complexity index is 1470. The first-order chi connectivity index (χ1) is 16.3. The Morgan fingerprint density at radius 3 is 2.50 bits per heavy atom. The number of amides is 1. The summed E-state index contributed by atoms with van der Waals surface area (Å²) in [5.41, 5.74) is 3.31. The number of para-hydroxylation sites is 1. The normalized spacial score (nSPS) is 11.4. The number of anilines is 1. The first kappa shape index (κ1) is 23.7. The number of hydrogen-bond donors (Lipinski definition) is 4. The molecule has 0 saturated heterocycles. The number of nitrogens with one attached hydrogen (secondary N) is 4. The van der Waals surface area contributed by atoms with E-state index in [0.717, 1.165) is 11.5 Å². The summed E-state index contributed by atoms with van der Waals surface area (Å²) in [4.78, 5) is 29.3. The minimum Gasteiger partial charge on any atom is -0.351 e. The second-order valence-electron chi connectivity index (χ2n) is 7.73. The summed E-state index contributed by atoms with van der Waals surface area (Å²) in [5, 5.41) is 2.85. The van der Waals surface area contributed by atoms with Gasteiger partial charge >= 0.3 is 5.69 Å². The number of benzene rings is 3. The van der Waals surface area contributed by atoms with E-state index in [1.54, 1.807) is 30.0 Å². The molecule has 1 aromatic heterocycles. The standard InChI is InChI=1S/C24H24N4O4S2/c1-16-6-8-17(9-7-16)15-33-13-12-25-23(29)19-4-2-3-5-20(19)28-34(31,32)18-10-11-21-22(14-18)27-24(30)26-21/h2-11,14,28H,12-13,15H2,1H3,(H,25,29)(H2,26,27,30). The van der Waals surface area contributed by atoms with Crippen LogP contribution in [0.1, 0.15) is 21.5 Å². The van der Waals surface area contributed by atoms with Crippen LogP contribution in [0.4, 0.5) is 5.69 Å². The molecule has 34 heavy (non-hydrogen) atoms. The predicted molar refractivity (Wildman–Crippen MR) is 136 cm³/mol. The van der Waals surface area contributed by atoms with E-state index < -0.39 is 15.7 Å². The largest absolute Gasteiger partial charge is 0.351 e. The molecule has 8 nitrogen and oxygen atoms in total. The first-order valence-corrected chi connectivity index (χ1v) is 13.2. The van der Waals surface area contributed by atoms with Crippen molar-refractivity contribution in [1.82, 2.24) is 15.3 Å². The number of imidazole rings is 1. The van der Waals surface area contributed by atoms with Crippen molar-refractivity contribution in [3.63, 3.8) is 0 Å². The first-order valence-electron chi connectivity index (χ1n) is 10.6. The van der Waals surface area contributed by atoms with Gasteiger partial charge in [0, 0.05) is 18.1 Å². The molecule has 1 amide bonds. The van der Waals surface area contributed by atoms with Gasteiger partial charge < -0.3 is 15.3 Å². The zero-order valence-corrected chi connectivity index (χ0v) is 20.1. The zero-order valence-electron chi connectivity index (χ0n) is 18.4. The van der Waals surface area contributed by atoms with Crippen LogP contribution in [-0.4, -0.2) is 36.6 Å². The third-order valence-electron chi connectivity index (χ3n) is 5.14. The van der Waals surface area contributed by atoms with Crippen molar-refractivity contribution in [3.05, 3.63) is 93.9 Å². The summed E-state index contributed by atoms with van der Waals surface area (Å²) in [6.07, 6.45) is 0. The molecule has 0 saturated carbocycles. The van der Waals surface area contributed by atoms with Gasteiger partial charge in [0.15, 0.2) is 0 Å². The van der Waals surface area contributed by atoms with Gasteiger partial charge in [0.1, 0.15) is 0 Å². The monoisotopic (exact) mass is 496 g/mol. The fourth-order valence-electron chi connectivity index (χ4n) is 3.36. The molecular weight excluding hydrogens is 472 g/mol. The van der Waals surface area contributed by atoms with Crippen LogP contribution in [0.25, 0.3) is 11.0 Å². The van der Waals surface area contributed by atoms with Gasteiger partial charge in [-0.15, -0.1) is 0 Å². The minimum atomic E-state index is -3.98. The van der Waals surface area contributed by atoms with E-state index in [2.05, 4.69) is 44.3 Å². The summed E-state index contributed by atoms with van der Waals surface area (Å²) in [6.45, 7) is 2.50. The van der Waals surface area contributed by atoms with E-state index in [4.69, 9.17) is 0 Å². The number of carbonyl (C=O) groups excluding carboxylic acids is 1. The van der Waals surface area contributed by atoms with Gasteiger partial charge in [-0.05, 0) is 42.8 Å². The van der Waals surface area contributed by atoms with Gasteiger partial charge in [0.2, 0.25) is 0 Å². The summed E-state index contributed by atoms with van der Waals surface area (Å²) >= 11 is 1.71. The average Bonchev–Trinajstić information content (AvgIpc) is 3.19. The number of sulfonamides is 1. The van der Waals surface area contributed by atoms with E-state index in [-0.39, 0.29) is 22.1 Å². The van der Waals surface area contributed by atoms with Crippen molar-refractivity contribution >= 4 is 44.4 Å². The van der Waals surface area contributed by atoms with E-state index in [1.807, 2.05) is 6.92 Å². The van der Waals surface area contributed by atoms with Crippen molar-refractivity contribution < 1.29 is 13.2 Å². The molecule has 0 aliphatic heterocycles. The second kappa shape index (κ2) is 10.2. The molecular formula is C24H24N4O4S2. The Labute approximate surface area is 201 Å². The summed E-state index contributed by atoms with van der Waals surface area (Å²) in [7, 11) is -3.98. The number of aryl methyl sites for hydroxylation is 1. The lowest BCUT2D eigenvalue weighted by Crippen LogP contribution is -2.27. The molecule has 1 heterocycles. The maximum Gasteiger partial charge on any atom is 0.323 e. The summed E-state index contributed by atoms with van der Waals surface area (Å²) < 4.78 is 28.4. The van der Waals surface area contributed by atoms with Crippen LogP contribution in [0.5, 0.6) is 0 Å². The maximum absolute atomic E-state index is 12.9. The fourth-order valence-corrected chi connectivity index (χ4v) is 5.28. The summed E-state index contributed by atoms with van der Waals surface area (Å²) in [5.74, 6) is 1.21. The van der Waals surface area contributed by atoms with Crippen molar-refractivity contribution in [3.8, 4) is 0 Å². The van der Waals surface area contributed by atoms with E-state index in [9.17, 15) is 18.0 Å². The number of aromatic amines is 2. The zero-order chi connectivity index (χ0) is 24.1. The minimum absolute atomic E-state index is 0.0297. The Hall–Kier alpha value is -3.50. The molecule has 0 atom stereocenters. The predicted octanol–water partition coefficient (Wildman–Crippen LogP) is 3.63. The van der Waals surface area contributed by atoms with Crippen molar-refractivity contribution in [2.75, 3.05) is 17.0 Å². The number of aromatic nitrogens is 2. The maximum atomic E-state index is 12.9. The third-order valence-corrected chi connectivity index (χ3v) is 7.53. The average molecular weight is 497 g/mol. The number of thioether (sulfide) groups is 1. The van der Waals surface area contributed by atoms with Crippen LogP contribution in [0, 0.1) is 6.92 Å². The van der Waals surface area contributed by atoms with Gasteiger partial charge in [-0.1, -0.05) is 42.0 Å². The lowest BCUT2D eigenvalue weighted by molar-refractivity contribution is 0.0957. The Morgan fingerprint density at radius 2 is 1.71 bits per heavy atom. The van der Waals surface area contributed by atoms with Crippen LogP contribution < -0.4 is 15.7 Å². The van der Waals surface area contributed by atoms with Gasteiger partial charge in [-0.2, -0.15) is 11.8 Å². The molecule has 0 radical (unpaired) electrons. The molecule has 0 aliphatic carbocycles. The number of carbonyl (C=O) groups is 1. The van der Waals surface area contributed by atoms with Gasteiger partial charge in [-0.3, -0.25) is 9.52 Å². The van der Waals surface area contributed by atoms with Crippen LogP contribution in [0.3, 0.4) is 0 Å². The second-order valence-corrected chi connectivity index (χ2v) is 10.5. The van der Waals surface area contributed by atoms with Crippen LogP contribution >= 0.6 is 11.8 Å². The Balaban J connectivity index is 1.38. The Morgan fingerprint density at radius 1 is 0.971 bits per heavy atom. The Kier molecular flexibility index (Phi) is 7.09. The highest BCUT2D eigenvalue weighted by molar-refractivity contribution is 7.98. The van der Waals surface area contributed by atoms with Gasteiger partial charge in [0.05, 0.1) is 27.2 Å². The summed E-state index contributed by atoms with van der Waals surface area (Å²) in [6, 6.07) is 19.0. The highest BCUT2D eigenvalue weighted by Crippen LogP contribution is 2.22. The smallest absolute Gasteiger partial charge is 0.323 e. The molecule has 3 aromatic carbocycles. The topological polar surface area (TPSA) is 124 Å². The van der Waals surface area contributed by atoms with Crippen LogP contribution in [0.2, 0.25) is 0 Å². The molecule has 0 aliphatic rings. The molecule has 0 bridgehead atoms. The molecule has 176 valence electrons. The molecule has 4 aromatic rings. The van der Waals surface area contributed by atoms with Crippen molar-refractivity contribution in [2.45, 2.75) is 17.6 Å². The highest BCUT2D eigenvalue weighted by Gasteiger charge is 2.19. The molecule has 4 N–H and O–H groups in total. The number of fused-ring (bicyclic) bond motifs is 1. The molecule has 10 heteroatoms. The SMILES string of the molecule is Cc1ccc(CSCCNC(=O)c2ccccc2NS(=O)(=O)c2ccc3[nH]c(=O)[nH]c3c2)cc1. The van der Waals surface area contributed by atoms with E-state index in [1.165, 1.54) is 35.4 Å². The lowest BCUT2D eigenvalue weighted by Gasteiger charge is -2.13. The van der Waals surface area contributed by atoms with Crippen LogP contribution in [-0.2, 0) is 15.8 Å².